The van der Waals surface area contributed by atoms with Crippen molar-refractivity contribution in [3.8, 4) is 22.8 Å². The molecule has 208 valence electrons. The summed E-state index contributed by atoms with van der Waals surface area (Å²) in [5.74, 6) is 1.50. The molecular formula is C27H29F3N4O4S. The van der Waals surface area contributed by atoms with Crippen LogP contribution >= 0.6 is 11.8 Å². The molecule has 1 aliphatic rings. The molecule has 1 amide bonds. The Bertz CT molecular complexity index is 1370. The third-order valence-corrected chi connectivity index (χ3v) is 7.23. The molecule has 0 bridgehead atoms. The van der Waals surface area contributed by atoms with Gasteiger partial charge in [0.2, 0.25) is 5.91 Å². The minimum absolute atomic E-state index is 0.0360. The minimum Gasteiger partial charge on any atom is -0.493 e. The molecule has 8 nitrogen and oxygen atoms in total. The third kappa shape index (κ3) is 7.31. The van der Waals surface area contributed by atoms with Gasteiger partial charge in [0.15, 0.2) is 16.7 Å². The van der Waals surface area contributed by atoms with E-state index in [1.165, 1.54) is 37.1 Å². The van der Waals surface area contributed by atoms with Gasteiger partial charge >= 0.3 is 6.18 Å². The van der Waals surface area contributed by atoms with E-state index in [-0.39, 0.29) is 28.9 Å². The number of halogens is 3. The number of hydrogen-bond acceptors (Lipinski definition) is 7. The smallest absolute Gasteiger partial charge is 0.433 e. The van der Waals surface area contributed by atoms with Crippen LogP contribution in [0.1, 0.15) is 36.9 Å². The van der Waals surface area contributed by atoms with Crippen molar-refractivity contribution in [2.24, 2.45) is 0 Å². The van der Waals surface area contributed by atoms with Crippen LogP contribution in [0.3, 0.4) is 0 Å². The lowest BCUT2D eigenvalue weighted by Gasteiger charge is -2.15. The third-order valence-electron chi connectivity index (χ3n) is 6.30. The van der Waals surface area contributed by atoms with E-state index >= 15 is 0 Å². The number of rotatable bonds is 10. The average molecular weight is 563 g/mol. The molecule has 0 unspecified atom stereocenters. The molecular weight excluding hydrogens is 533 g/mol. The maximum atomic E-state index is 13.7. The van der Waals surface area contributed by atoms with Gasteiger partial charge in [-0.25, -0.2) is 9.97 Å². The second kappa shape index (κ2) is 12.5. The Morgan fingerprint density at radius 2 is 1.77 bits per heavy atom. The van der Waals surface area contributed by atoms with Crippen molar-refractivity contribution < 1.29 is 27.4 Å². The van der Waals surface area contributed by atoms with Crippen LogP contribution in [0.15, 0.2) is 52.5 Å². The van der Waals surface area contributed by atoms with Gasteiger partial charge in [-0.05, 0) is 49.1 Å². The van der Waals surface area contributed by atoms with Crippen molar-refractivity contribution in [2.75, 3.05) is 33.1 Å². The Morgan fingerprint density at radius 3 is 2.46 bits per heavy atom. The van der Waals surface area contributed by atoms with Crippen LogP contribution in [-0.4, -0.2) is 58.4 Å². The van der Waals surface area contributed by atoms with E-state index < -0.39 is 11.9 Å². The number of carbonyl (C=O) groups is 1. The Kier molecular flexibility index (Phi) is 9.16. The van der Waals surface area contributed by atoms with E-state index in [4.69, 9.17) is 9.47 Å². The first-order chi connectivity index (χ1) is 18.7. The van der Waals surface area contributed by atoms with E-state index in [1.54, 1.807) is 18.2 Å². The van der Waals surface area contributed by atoms with Gasteiger partial charge in [-0.2, -0.15) is 13.2 Å². The van der Waals surface area contributed by atoms with Crippen molar-refractivity contribution >= 4 is 17.7 Å². The van der Waals surface area contributed by atoms with Gasteiger partial charge in [-0.15, -0.1) is 0 Å². The first-order valence-electron chi connectivity index (χ1n) is 12.5. The molecule has 0 spiro atoms. The highest BCUT2D eigenvalue weighted by Gasteiger charge is 2.34. The molecule has 4 rings (SSSR count). The largest absolute Gasteiger partial charge is 0.493 e. The van der Waals surface area contributed by atoms with Crippen LogP contribution in [0, 0.1) is 0 Å². The number of aromatic nitrogens is 3. The number of alkyl halides is 3. The molecule has 0 atom stereocenters. The van der Waals surface area contributed by atoms with Crippen LogP contribution in [0.2, 0.25) is 0 Å². The molecule has 39 heavy (non-hydrogen) atoms. The maximum Gasteiger partial charge on any atom is 0.433 e. The van der Waals surface area contributed by atoms with Gasteiger partial charge in [0.1, 0.15) is 5.69 Å². The number of pyridine rings is 1. The molecule has 0 N–H and O–H groups in total. The van der Waals surface area contributed by atoms with Crippen molar-refractivity contribution in [3.63, 3.8) is 0 Å². The lowest BCUT2D eigenvalue weighted by atomic mass is 10.1. The van der Waals surface area contributed by atoms with E-state index in [0.29, 0.717) is 35.7 Å². The molecule has 1 saturated heterocycles. The summed E-state index contributed by atoms with van der Waals surface area (Å²) in [7, 11) is 3.02. The summed E-state index contributed by atoms with van der Waals surface area (Å²) < 4.78 is 53.0. The highest BCUT2D eigenvalue weighted by atomic mass is 32.2. The molecule has 2 aromatic heterocycles. The predicted molar refractivity (Wildman–Crippen MR) is 141 cm³/mol. The quantitative estimate of drug-likeness (QED) is 0.198. The second-order valence-corrected chi connectivity index (χ2v) is 10.1. The molecule has 3 aromatic rings. The van der Waals surface area contributed by atoms with E-state index in [1.807, 2.05) is 4.90 Å². The summed E-state index contributed by atoms with van der Waals surface area (Å²) in [5.41, 5.74) is -0.259. The monoisotopic (exact) mass is 562 g/mol. The molecule has 3 heterocycles. The van der Waals surface area contributed by atoms with Crippen LogP contribution in [0.5, 0.6) is 11.5 Å². The number of thioether (sulfide) groups is 1. The first-order valence-corrected chi connectivity index (χ1v) is 13.4. The van der Waals surface area contributed by atoms with Crippen LogP contribution in [0.25, 0.3) is 11.3 Å². The van der Waals surface area contributed by atoms with Crippen molar-refractivity contribution in [1.82, 2.24) is 19.4 Å². The van der Waals surface area contributed by atoms with Gasteiger partial charge in [-0.1, -0.05) is 17.8 Å². The highest BCUT2D eigenvalue weighted by Crippen LogP contribution is 2.32. The van der Waals surface area contributed by atoms with E-state index in [0.717, 1.165) is 49.3 Å². The predicted octanol–water partition coefficient (Wildman–Crippen LogP) is 4.88. The summed E-state index contributed by atoms with van der Waals surface area (Å²) in [5, 5.41) is -0.0360. The Labute approximate surface area is 228 Å². The van der Waals surface area contributed by atoms with Gasteiger partial charge in [0, 0.05) is 43.1 Å². The lowest BCUT2D eigenvalue weighted by molar-refractivity contribution is -0.141. The maximum absolute atomic E-state index is 13.7. The Morgan fingerprint density at radius 1 is 1.03 bits per heavy atom. The number of methoxy groups -OCH3 is 2. The standard InChI is InChI=1S/C27H29F3N4O4S/c1-37-21-9-7-18(14-22(21)38-2)16-34-17-19(8-10-25(34)36)20-15-23(27(28,29)30)32-26(31-20)39-13-5-6-24(35)33-11-3-4-12-33/h7-10,14-15,17H,3-6,11-13,16H2,1-2H3. The number of benzene rings is 1. The molecule has 1 aliphatic heterocycles. The molecule has 1 fully saturated rings. The second-order valence-electron chi connectivity index (χ2n) is 9.03. The van der Waals surface area contributed by atoms with Crippen LogP contribution in [0.4, 0.5) is 13.2 Å². The molecule has 1 aromatic carbocycles. The summed E-state index contributed by atoms with van der Waals surface area (Å²) >= 11 is 1.07. The average Bonchev–Trinajstić information content (AvgIpc) is 3.47. The van der Waals surface area contributed by atoms with Gasteiger partial charge in [0.05, 0.1) is 26.5 Å². The van der Waals surface area contributed by atoms with Crippen LogP contribution in [-0.2, 0) is 17.5 Å². The minimum atomic E-state index is -4.67. The Hall–Kier alpha value is -3.54. The summed E-state index contributed by atoms with van der Waals surface area (Å²) in [4.78, 5) is 34.7. The zero-order chi connectivity index (χ0) is 28.0. The number of hydrogen-bond donors (Lipinski definition) is 0. The van der Waals surface area contributed by atoms with Gasteiger partial charge < -0.3 is 18.9 Å². The van der Waals surface area contributed by atoms with Crippen molar-refractivity contribution in [3.05, 3.63) is 64.2 Å². The SMILES string of the molecule is COc1ccc(Cn2cc(-c3cc(C(F)(F)F)nc(SCCCC(=O)N4CCCC4)n3)ccc2=O)cc1OC. The highest BCUT2D eigenvalue weighted by molar-refractivity contribution is 7.99. The molecule has 0 saturated carbocycles. The van der Waals surface area contributed by atoms with Gasteiger partial charge in [0.25, 0.3) is 5.56 Å². The van der Waals surface area contributed by atoms with Crippen molar-refractivity contribution in [1.29, 1.82) is 0 Å². The topological polar surface area (TPSA) is 86.6 Å². The van der Waals surface area contributed by atoms with Crippen LogP contribution < -0.4 is 15.0 Å². The summed E-state index contributed by atoms with van der Waals surface area (Å²) in [6, 6.07) is 8.83. The fourth-order valence-electron chi connectivity index (χ4n) is 4.28. The summed E-state index contributed by atoms with van der Waals surface area (Å²) in [6.07, 6.45) is -0.353. The number of ether oxygens (including phenoxy) is 2. The fourth-order valence-corrected chi connectivity index (χ4v) is 5.07. The number of amides is 1. The molecule has 0 radical (unpaired) electrons. The Balaban J connectivity index is 1.54. The first kappa shape index (κ1) is 28.5. The molecule has 0 aliphatic carbocycles. The number of nitrogens with zero attached hydrogens (tertiary/aromatic N) is 4. The van der Waals surface area contributed by atoms with Gasteiger partial charge in [-0.3, -0.25) is 9.59 Å². The van der Waals surface area contributed by atoms with E-state index in [2.05, 4.69) is 9.97 Å². The fraction of sp³-hybridized carbons (Fsp3) is 0.407. The zero-order valence-corrected chi connectivity index (χ0v) is 22.5. The number of likely N-dealkylation sites (tertiary alicyclic amines) is 1. The number of carbonyl (C=O) groups excluding carboxylic acids is 1. The normalized spacial score (nSPS) is 13.5. The van der Waals surface area contributed by atoms with E-state index in [9.17, 15) is 22.8 Å². The zero-order valence-electron chi connectivity index (χ0n) is 21.7. The lowest BCUT2D eigenvalue weighted by Crippen LogP contribution is -2.27. The molecule has 12 heteroatoms. The summed E-state index contributed by atoms with van der Waals surface area (Å²) in [6.45, 7) is 1.69. The van der Waals surface area contributed by atoms with Crippen molar-refractivity contribution in [2.45, 2.75) is 43.6 Å².